The number of benzene rings is 1. The first kappa shape index (κ1) is 18.3. The van der Waals surface area contributed by atoms with Crippen LogP contribution in [0.4, 0.5) is 5.69 Å². The molecule has 1 aromatic carbocycles. The van der Waals surface area contributed by atoms with Gasteiger partial charge < -0.3 is 16.0 Å². The van der Waals surface area contributed by atoms with Gasteiger partial charge in [-0.1, -0.05) is 31.9 Å². The van der Waals surface area contributed by atoms with Crippen molar-refractivity contribution in [3.8, 4) is 0 Å². The highest BCUT2D eigenvalue weighted by molar-refractivity contribution is 5.90. The lowest BCUT2D eigenvalue weighted by molar-refractivity contribution is -0.116. The van der Waals surface area contributed by atoms with Gasteiger partial charge in [-0.2, -0.15) is 0 Å². The minimum atomic E-state index is 0.0680. The second-order valence-electron chi connectivity index (χ2n) is 6.32. The zero-order valence-electron chi connectivity index (χ0n) is 14.9. The zero-order chi connectivity index (χ0) is 17.2. The summed E-state index contributed by atoms with van der Waals surface area (Å²) in [6, 6.07) is 8.47. The van der Waals surface area contributed by atoms with Crippen LogP contribution in [0, 0.1) is 0 Å². The molecule has 1 amide bonds. The van der Waals surface area contributed by atoms with Crippen LogP contribution in [-0.4, -0.2) is 24.5 Å². The highest BCUT2D eigenvalue weighted by atomic mass is 16.1. The van der Waals surface area contributed by atoms with Crippen molar-refractivity contribution in [1.82, 2.24) is 10.6 Å². The van der Waals surface area contributed by atoms with Crippen LogP contribution in [0.1, 0.15) is 57.9 Å². The molecule has 1 saturated carbocycles. The number of nitrogens with one attached hydrogen (secondary N) is 3. The minimum absolute atomic E-state index is 0.0680. The van der Waals surface area contributed by atoms with Crippen molar-refractivity contribution >= 4 is 17.6 Å². The SMILES string of the molecule is CCCC(=O)Nc1ccc(CN=C(NCC)NC2CCCC2)cc1. The van der Waals surface area contributed by atoms with Crippen LogP contribution in [0.25, 0.3) is 0 Å². The smallest absolute Gasteiger partial charge is 0.224 e. The molecule has 5 nitrogen and oxygen atoms in total. The Balaban J connectivity index is 1.89. The number of rotatable bonds is 7. The van der Waals surface area contributed by atoms with Crippen LogP contribution in [-0.2, 0) is 11.3 Å². The van der Waals surface area contributed by atoms with Crippen LogP contribution in [0.5, 0.6) is 0 Å². The number of guanidine groups is 1. The average molecular weight is 330 g/mol. The molecule has 0 heterocycles. The summed E-state index contributed by atoms with van der Waals surface area (Å²) in [5, 5.41) is 9.74. The third kappa shape index (κ3) is 6.22. The molecule has 1 aliphatic rings. The zero-order valence-corrected chi connectivity index (χ0v) is 14.9. The quantitative estimate of drug-likeness (QED) is 0.530. The van der Waals surface area contributed by atoms with Gasteiger partial charge in [0.05, 0.1) is 6.54 Å². The molecule has 24 heavy (non-hydrogen) atoms. The van der Waals surface area contributed by atoms with Crippen LogP contribution in [0.3, 0.4) is 0 Å². The highest BCUT2D eigenvalue weighted by Crippen LogP contribution is 2.17. The second-order valence-corrected chi connectivity index (χ2v) is 6.32. The molecule has 0 spiro atoms. The van der Waals surface area contributed by atoms with E-state index in [4.69, 9.17) is 0 Å². The molecule has 5 heteroatoms. The van der Waals surface area contributed by atoms with E-state index in [1.165, 1.54) is 25.7 Å². The fraction of sp³-hybridized carbons (Fsp3) is 0.579. The van der Waals surface area contributed by atoms with Crippen molar-refractivity contribution in [2.45, 2.75) is 65.0 Å². The van der Waals surface area contributed by atoms with Gasteiger partial charge in [-0.25, -0.2) is 4.99 Å². The van der Waals surface area contributed by atoms with E-state index in [-0.39, 0.29) is 5.91 Å². The first-order valence-electron chi connectivity index (χ1n) is 9.15. The van der Waals surface area contributed by atoms with E-state index in [9.17, 15) is 4.79 Å². The van der Waals surface area contributed by atoms with Gasteiger partial charge in [-0.15, -0.1) is 0 Å². The fourth-order valence-electron chi connectivity index (χ4n) is 2.90. The van der Waals surface area contributed by atoms with Crippen molar-refractivity contribution in [1.29, 1.82) is 0 Å². The number of anilines is 1. The number of hydrogen-bond acceptors (Lipinski definition) is 2. The first-order chi connectivity index (χ1) is 11.7. The van der Waals surface area contributed by atoms with Gasteiger partial charge in [-0.3, -0.25) is 4.79 Å². The minimum Gasteiger partial charge on any atom is -0.357 e. The summed E-state index contributed by atoms with van der Waals surface area (Å²) in [7, 11) is 0. The number of carbonyl (C=O) groups is 1. The fourth-order valence-corrected chi connectivity index (χ4v) is 2.90. The monoisotopic (exact) mass is 330 g/mol. The summed E-state index contributed by atoms with van der Waals surface area (Å²) in [5.74, 6) is 0.961. The Morgan fingerprint density at radius 2 is 1.88 bits per heavy atom. The Kier molecular flexibility index (Phi) is 7.59. The molecule has 0 aliphatic heterocycles. The molecule has 0 radical (unpaired) electrons. The summed E-state index contributed by atoms with van der Waals surface area (Å²) >= 11 is 0. The molecule has 0 bridgehead atoms. The molecule has 132 valence electrons. The van der Waals surface area contributed by atoms with Crippen LogP contribution >= 0.6 is 0 Å². The van der Waals surface area contributed by atoms with Gasteiger partial charge in [0.2, 0.25) is 5.91 Å². The van der Waals surface area contributed by atoms with Crippen molar-refractivity contribution < 1.29 is 4.79 Å². The van der Waals surface area contributed by atoms with Gasteiger partial charge in [0.15, 0.2) is 5.96 Å². The van der Waals surface area contributed by atoms with Gasteiger partial charge >= 0.3 is 0 Å². The topological polar surface area (TPSA) is 65.5 Å². The number of carbonyl (C=O) groups excluding carboxylic acids is 1. The lowest BCUT2D eigenvalue weighted by atomic mass is 10.2. The lowest BCUT2D eigenvalue weighted by Gasteiger charge is -2.16. The maximum Gasteiger partial charge on any atom is 0.224 e. The van der Waals surface area contributed by atoms with Gasteiger partial charge in [-0.05, 0) is 43.9 Å². The number of aliphatic imine (C=N–C) groups is 1. The van der Waals surface area contributed by atoms with Crippen molar-refractivity contribution in [2.75, 3.05) is 11.9 Å². The Labute approximate surface area is 145 Å². The number of hydrogen-bond donors (Lipinski definition) is 3. The average Bonchev–Trinajstić information content (AvgIpc) is 3.07. The maximum absolute atomic E-state index is 11.6. The summed E-state index contributed by atoms with van der Waals surface area (Å²) in [4.78, 5) is 16.3. The molecule has 0 unspecified atom stereocenters. The molecule has 0 saturated heterocycles. The van der Waals surface area contributed by atoms with E-state index in [2.05, 4.69) is 27.9 Å². The normalized spacial score (nSPS) is 15.3. The third-order valence-electron chi connectivity index (χ3n) is 4.17. The summed E-state index contributed by atoms with van der Waals surface area (Å²) in [5.41, 5.74) is 1.98. The van der Waals surface area contributed by atoms with E-state index >= 15 is 0 Å². The molecule has 0 aromatic heterocycles. The first-order valence-corrected chi connectivity index (χ1v) is 9.15. The molecule has 2 rings (SSSR count). The van der Waals surface area contributed by atoms with Crippen molar-refractivity contribution in [3.05, 3.63) is 29.8 Å². The lowest BCUT2D eigenvalue weighted by Crippen LogP contribution is -2.42. The van der Waals surface area contributed by atoms with E-state index in [0.29, 0.717) is 19.0 Å². The van der Waals surface area contributed by atoms with E-state index in [1.807, 2.05) is 31.2 Å². The highest BCUT2D eigenvalue weighted by Gasteiger charge is 2.15. The second kappa shape index (κ2) is 9.96. The predicted molar refractivity (Wildman–Crippen MR) is 100 cm³/mol. The van der Waals surface area contributed by atoms with Crippen LogP contribution in [0.2, 0.25) is 0 Å². The van der Waals surface area contributed by atoms with Gasteiger partial charge in [0.25, 0.3) is 0 Å². The molecule has 1 fully saturated rings. The van der Waals surface area contributed by atoms with E-state index in [0.717, 1.165) is 30.2 Å². The molecule has 0 atom stereocenters. The number of nitrogens with zero attached hydrogens (tertiary/aromatic N) is 1. The van der Waals surface area contributed by atoms with Crippen LogP contribution < -0.4 is 16.0 Å². The van der Waals surface area contributed by atoms with E-state index in [1.54, 1.807) is 0 Å². The van der Waals surface area contributed by atoms with Crippen molar-refractivity contribution in [3.63, 3.8) is 0 Å². The summed E-state index contributed by atoms with van der Waals surface area (Å²) in [6.45, 7) is 5.58. The Morgan fingerprint density at radius 1 is 1.17 bits per heavy atom. The Bertz CT molecular complexity index is 533. The molecular weight excluding hydrogens is 300 g/mol. The van der Waals surface area contributed by atoms with Crippen LogP contribution in [0.15, 0.2) is 29.3 Å². The predicted octanol–water partition coefficient (Wildman–Crippen LogP) is 3.42. The van der Waals surface area contributed by atoms with Gasteiger partial charge in [0.1, 0.15) is 0 Å². The van der Waals surface area contributed by atoms with Gasteiger partial charge in [0, 0.05) is 24.7 Å². The standard InChI is InChI=1S/C19H30N4O/c1-3-7-18(24)22-17-12-10-15(11-13-17)14-21-19(20-4-2)23-16-8-5-6-9-16/h10-13,16H,3-9,14H2,1-2H3,(H,22,24)(H2,20,21,23). The molecule has 1 aliphatic carbocycles. The molecular formula is C19H30N4O. The third-order valence-corrected chi connectivity index (χ3v) is 4.17. The largest absolute Gasteiger partial charge is 0.357 e. The summed E-state index contributed by atoms with van der Waals surface area (Å²) < 4.78 is 0. The molecule has 1 aromatic rings. The Hall–Kier alpha value is -2.04. The maximum atomic E-state index is 11.6. The summed E-state index contributed by atoms with van der Waals surface area (Å²) in [6.07, 6.45) is 6.50. The number of amides is 1. The van der Waals surface area contributed by atoms with Crippen molar-refractivity contribution in [2.24, 2.45) is 4.99 Å². The molecule has 3 N–H and O–H groups in total. The van der Waals surface area contributed by atoms with E-state index < -0.39 is 0 Å². The Morgan fingerprint density at radius 3 is 2.50 bits per heavy atom.